The number of carbonyl (C=O) groups is 3. The monoisotopic (exact) mass is 357 g/mol. The van der Waals surface area contributed by atoms with Gasteiger partial charge in [-0.3, -0.25) is 14.5 Å². The molecule has 2 N–H and O–H groups in total. The summed E-state index contributed by atoms with van der Waals surface area (Å²) < 4.78 is 0. The Morgan fingerprint density at radius 1 is 1.23 bits per heavy atom. The van der Waals surface area contributed by atoms with E-state index in [1.807, 2.05) is 45.0 Å². The van der Waals surface area contributed by atoms with E-state index in [-0.39, 0.29) is 24.4 Å². The molecule has 0 bridgehead atoms. The second kappa shape index (κ2) is 7.09. The molecule has 26 heavy (non-hydrogen) atoms. The Morgan fingerprint density at radius 3 is 2.35 bits per heavy atom. The lowest BCUT2D eigenvalue weighted by molar-refractivity contribution is -0.135. The van der Waals surface area contributed by atoms with Crippen molar-refractivity contribution in [3.05, 3.63) is 35.4 Å². The van der Waals surface area contributed by atoms with Crippen LogP contribution in [0.25, 0.3) is 0 Å². The van der Waals surface area contributed by atoms with Crippen molar-refractivity contribution >= 4 is 17.8 Å². The first-order valence-corrected chi connectivity index (χ1v) is 9.40. The van der Waals surface area contributed by atoms with E-state index in [0.29, 0.717) is 18.8 Å². The maximum atomic E-state index is 12.6. The molecule has 0 spiro atoms. The number of imide groups is 1. The van der Waals surface area contributed by atoms with E-state index in [2.05, 4.69) is 10.6 Å². The van der Waals surface area contributed by atoms with Crippen LogP contribution in [0.2, 0.25) is 0 Å². The first-order valence-electron chi connectivity index (χ1n) is 9.40. The summed E-state index contributed by atoms with van der Waals surface area (Å²) in [5.74, 6) is -0.176. The largest absolute Gasteiger partial charge is 0.347 e. The minimum atomic E-state index is -0.871. The lowest BCUT2D eigenvalue weighted by Gasteiger charge is -2.23. The van der Waals surface area contributed by atoms with Crippen LogP contribution in [0.4, 0.5) is 4.79 Å². The molecule has 1 aliphatic heterocycles. The molecule has 0 radical (unpaired) electrons. The fraction of sp³-hybridized carbons (Fsp3) is 0.550. The topological polar surface area (TPSA) is 78.5 Å². The molecule has 2 aliphatic rings. The first-order chi connectivity index (χ1) is 12.4. The van der Waals surface area contributed by atoms with Crippen molar-refractivity contribution < 1.29 is 14.4 Å². The van der Waals surface area contributed by atoms with Gasteiger partial charge in [-0.15, -0.1) is 0 Å². The first kappa shape index (κ1) is 18.4. The van der Waals surface area contributed by atoms with Gasteiger partial charge >= 0.3 is 6.03 Å². The highest BCUT2D eigenvalue weighted by molar-refractivity contribution is 6.09. The number of hydrogen-bond acceptors (Lipinski definition) is 3. The lowest BCUT2D eigenvalue weighted by atomic mass is 9.93. The number of nitrogens with zero attached hydrogens (tertiary/aromatic N) is 1. The third-order valence-electron chi connectivity index (χ3n) is 5.60. The van der Waals surface area contributed by atoms with E-state index >= 15 is 0 Å². The molecule has 0 aromatic heterocycles. The molecule has 1 aromatic rings. The van der Waals surface area contributed by atoms with E-state index in [1.165, 1.54) is 5.56 Å². The van der Waals surface area contributed by atoms with E-state index in [1.54, 1.807) is 0 Å². The minimum absolute atomic E-state index is 0.0639. The van der Waals surface area contributed by atoms with Crippen molar-refractivity contribution in [2.75, 3.05) is 6.54 Å². The smallest absolute Gasteiger partial charge is 0.325 e. The molecule has 1 heterocycles. The van der Waals surface area contributed by atoms with E-state index < -0.39 is 11.6 Å². The van der Waals surface area contributed by atoms with Crippen LogP contribution in [0.1, 0.15) is 56.7 Å². The third-order valence-corrected chi connectivity index (χ3v) is 5.60. The van der Waals surface area contributed by atoms with Gasteiger partial charge in [0.15, 0.2) is 0 Å². The van der Waals surface area contributed by atoms with Gasteiger partial charge in [-0.25, -0.2) is 4.79 Å². The average molecular weight is 357 g/mol. The fourth-order valence-electron chi connectivity index (χ4n) is 3.59. The number of hydrogen-bond donors (Lipinski definition) is 2. The van der Waals surface area contributed by atoms with Gasteiger partial charge in [0, 0.05) is 0 Å². The molecule has 1 saturated heterocycles. The van der Waals surface area contributed by atoms with Crippen LogP contribution in [-0.2, 0) is 9.59 Å². The predicted octanol–water partition coefficient (Wildman–Crippen LogP) is 2.67. The molecule has 1 unspecified atom stereocenters. The summed E-state index contributed by atoms with van der Waals surface area (Å²) in [4.78, 5) is 38.5. The van der Waals surface area contributed by atoms with Gasteiger partial charge in [-0.1, -0.05) is 43.7 Å². The zero-order valence-electron chi connectivity index (χ0n) is 15.7. The summed E-state index contributed by atoms with van der Waals surface area (Å²) in [5, 5.41) is 5.79. The Hall–Kier alpha value is -2.37. The Morgan fingerprint density at radius 2 is 1.85 bits per heavy atom. The summed E-state index contributed by atoms with van der Waals surface area (Å²) in [6.45, 7) is 5.53. The second-order valence-electron chi connectivity index (χ2n) is 7.40. The number of aryl methyl sites for hydroxylation is 1. The zero-order chi connectivity index (χ0) is 18.9. The van der Waals surface area contributed by atoms with Crippen molar-refractivity contribution in [3.8, 4) is 0 Å². The maximum Gasteiger partial charge on any atom is 0.325 e. The number of amides is 4. The van der Waals surface area contributed by atoms with E-state index in [0.717, 1.165) is 23.3 Å². The standard InChI is InChI=1S/C20H27N3O3/c1-4-20(5-2)18(25)23(19(26)22-20)12-16(24)21-17(15-10-11-15)14-8-6-13(3)7-9-14/h6-9,15,17H,4-5,10-12H2,1-3H3,(H,21,24)(H,22,26). The Bertz CT molecular complexity index is 706. The summed E-state index contributed by atoms with van der Waals surface area (Å²) in [6, 6.07) is 7.59. The molecule has 1 atom stereocenters. The van der Waals surface area contributed by atoms with Crippen LogP contribution in [0.5, 0.6) is 0 Å². The molecule has 4 amide bonds. The number of rotatable bonds is 7. The Balaban J connectivity index is 1.68. The molecule has 140 valence electrons. The van der Waals surface area contributed by atoms with Crippen LogP contribution in [0.3, 0.4) is 0 Å². The molecule has 1 saturated carbocycles. The summed E-state index contributed by atoms with van der Waals surface area (Å²) in [7, 11) is 0. The van der Waals surface area contributed by atoms with Crippen LogP contribution in [0.15, 0.2) is 24.3 Å². The lowest BCUT2D eigenvalue weighted by Crippen LogP contribution is -2.47. The van der Waals surface area contributed by atoms with Crippen molar-refractivity contribution in [2.24, 2.45) is 5.92 Å². The van der Waals surface area contributed by atoms with Gasteiger partial charge in [-0.05, 0) is 44.1 Å². The highest BCUT2D eigenvalue weighted by Gasteiger charge is 2.49. The summed E-state index contributed by atoms with van der Waals surface area (Å²) in [6.07, 6.45) is 3.19. The highest BCUT2D eigenvalue weighted by Crippen LogP contribution is 2.41. The third kappa shape index (κ3) is 3.45. The number of nitrogens with one attached hydrogen (secondary N) is 2. The van der Waals surface area contributed by atoms with Crippen LogP contribution >= 0.6 is 0 Å². The van der Waals surface area contributed by atoms with Crippen molar-refractivity contribution in [3.63, 3.8) is 0 Å². The molecule has 6 nitrogen and oxygen atoms in total. The number of benzene rings is 1. The van der Waals surface area contributed by atoms with Crippen LogP contribution in [-0.4, -0.2) is 34.8 Å². The molecular formula is C20H27N3O3. The van der Waals surface area contributed by atoms with Gasteiger partial charge in [0.1, 0.15) is 12.1 Å². The zero-order valence-corrected chi connectivity index (χ0v) is 15.7. The van der Waals surface area contributed by atoms with Gasteiger partial charge in [0.25, 0.3) is 5.91 Å². The van der Waals surface area contributed by atoms with E-state index in [4.69, 9.17) is 0 Å². The van der Waals surface area contributed by atoms with Crippen molar-refractivity contribution in [1.82, 2.24) is 15.5 Å². The van der Waals surface area contributed by atoms with Crippen LogP contribution < -0.4 is 10.6 Å². The Kier molecular flexibility index (Phi) is 5.03. The van der Waals surface area contributed by atoms with Gasteiger partial charge in [0.2, 0.25) is 5.91 Å². The average Bonchev–Trinajstić information content (AvgIpc) is 3.44. The maximum absolute atomic E-state index is 12.6. The van der Waals surface area contributed by atoms with Crippen molar-refractivity contribution in [2.45, 2.75) is 58.0 Å². The number of urea groups is 1. The van der Waals surface area contributed by atoms with E-state index in [9.17, 15) is 14.4 Å². The van der Waals surface area contributed by atoms with Crippen molar-refractivity contribution in [1.29, 1.82) is 0 Å². The quantitative estimate of drug-likeness (QED) is 0.737. The van der Waals surface area contributed by atoms with Gasteiger partial charge in [-0.2, -0.15) is 0 Å². The molecular weight excluding hydrogens is 330 g/mol. The highest BCUT2D eigenvalue weighted by atomic mass is 16.2. The fourth-order valence-corrected chi connectivity index (χ4v) is 3.59. The SMILES string of the molecule is CCC1(CC)NC(=O)N(CC(=O)NC(c2ccc(C)cc2)C2CC2)C1=O. The molecule has 1 aromatic carbocycles. The summed E-state index contributed by atoms with van der Waals surface area (Å²) >= 11 is 0. The molecule has 6 heteroatoms. The molecule has 1 aliphatic carbocycles. The minimum Gasteiger partial charge on any atom is -0.347 e. The number of carbonyl (C=O) groups excluding carboxylic acids is 3. The van der Waals surface area contributed by atoms with Gasteiger partial charge in [0.05, 0.1) is 6.04 Å². The predicted molar refractivity (Wildman–Crippen MR) is 98.3 cm³/mol. The Labute approximate surface area is 154 Å². The molecule has 3 rings (SSSR count). The molecule has 2 fully saturated rings. The normalized spacial score (nSPS) is 20.0. The van der Waals surface area contributed by atoms with Crippen LogP contribution in [0, 0.1) is 12.8 Å². The second-order valence-corrected chi connectivity index (χ2v) is 7.40. The van der Waals surface area contributed by atoms with Gasteiger partial charge < -0.3 is 10.6 Å². The summed E-state index contributed by atoms with van der Waals surface area (Å²) in [5.41, 5.74) is 1.37.